The van der Waals surface area contributed by atoms with Crippen molar-refractivity contribution in [2.75, 3.05) is 25.0 Å². The third-order valence-corrected chi connectivity index (χ3v) is 6.98. The highest BCUT2D eigenvalue weighted by molar-refractivity contribution is 7.92. The van der Waals surface area contributed by atoms with Crippen molar-refractivity contribution in [3.63, 3.8) is 0 Å². The number of ether oxygens (including phenoxy) is 3. The van der Waals surface area contributed by atoms with Crippen LogP contribution >= 0.6 is 0 Å². The van der Waals surface area contributed by atoms with Crippen molar-refractivity contribution in [2.45, 2.75) is 31.2 Å². The molecule has 1 atom stereocenters. The first kappa shape index (κ1) is 24.4. The zero-order valence-electron chi connectivity index (χ0n) is 19.8. The lowest BCUT2D eigenvalue weighted by Crippen LogP contribution is -2.27. The molecule has 184 valence electrons. The summed E-state index contributed by atoms with van der Waals surface area (Å²) in [4.78, 5) is 13.0. The molecule has 8 nitrogen and oxygen atoms in total. The maximum absolute atomic E-state index is 13.0. The topological polar surface area (TPSA) is 103 Å². The van der Waals surface area contributed by atoms with Crippen LogP contribution in [0.4, 0.5) is 5.69 Å². The van der Waals surface area contributed by atoms with Crippen LogP contribution < -0.4 is 24.2 Å². The Labute approximate surface area is 205 Å². The molecule has 0 spiro atoms. The van der Waals surface area contributed by atoms with E-state index in [1.807, 2.05) is 32.0 Å². The van der Waals surface area contributed by atoms with Crippen LogP contribution in [0, 0.1) is 6.92 Å². The first-order valence-corrected chi connectivity index (χ1v) is 12.7. The summed E-state index contributed by atoms with van der Waals surface area (Å²) in [6.07, 6.45) is 0.721. The van der Waals surface area contributed by atoms with E-state index >= 15 is 0 Å². The Morgan fingerprint density at radius 1 is 1.00 bits per heavy atom. The van der Waals surface area contributed by atoms with E-state index in [4.69, 9.17) is 14.2 Å². The summed E-state index contributed by atoms with van der Waals surface area (Å²) >= 11 is 0. The Morgan fingerprint density at radius 2 is 1.77 bits per heavy atom. The molecule has 9 heteroatoms. The standard InChI is InChI=1S/C26H28N2O6S/c1-17-8-10-23(32-3)22(14-17)18(2)27-26(29)19-6-4-7-20(15-19)28-35(30,31)21-9-11-24-25(16-21)34-13-5-12-33-24/h4,6-11,14-16,18,28H,5,12-13H2,1-3H3,(H,27,29)/t18-/m0/s1. The van der Waals surface area contributed by atoms with Gasteiger partial charge in [-0.2, -0.15) is 0 Å². The van der Waals surface area contributed by atoms with Gasteiger partial charge < -0.3 is 19.5 Å². The lowest BCUT2D eigenvalue weighted by molar-refractivity contribution is 0.0939. The van der Waals surface area contributed by atoms with Crippen molar-refractivity contribution in [3.05, 3.63) is 77.4 Å². The van der Waals surface area contributed by atoms with Gasteiger partial charge in [0.15, 0.2) is 11.5 Å². The van der Waals surface area contributed by atoms with Crippen molar-refractivity contribution >= 4 is 21.6 Å². The highest BCUT2D eigenvalue weighted by atomic mass is 32.2. The number of amides is 1. The molecule has 0 saturated heterocycles. The van der Waals surface area contributed by atoms with Crippen molar-refractivity contribution in [2.24, 2.45) is 0 Å². The molecule has 1 heterocycles. The molecular weight excluding hydrogens is 468 g/mol. The zero-order chi connectivity index (χ0) is 25.0. The van der Waals surface area contributed by atoms with Gasteiger partial charge in [0.1, 0.15) is 5.75 Å². The van der Waals surface area contributed by atoms with E-state index in [0.29, 0.717) is 36.0 Å². The number of anilines is 1. The Hall–Kier alpha value is -3.72. The number of aryl methyl sites for hydroxylation is 1. The van der Waals surface area contributed by atoms with Crippen LogP contribution in [0.3, 0.4) is 0 Å². The van der Waals surface area contributed by atoms with Crippen LogP contribution in [-0.2, 0) is 10.0 Å². The number of rotatable bonds is 7. The quantitative estimate of drug-likeness (QED) is 0.501. The summed E-state index contributed by atoms with van der Waals surface area (Å²) in [5, 5.41) is 2.95. The second-order valence-electron chi connectivity index (χ2n) is 8.29. The van der Waals surface area contributed by atoms with Crippen molar-refractivity contribution < 1.29 is 27.4 Å². The lowest BCUT2D eigenvalue weighted by Gasteiger charge is -2.18. The lowest BCUT2D eigenvalue weighted by atomic mass is 10.0. The Morgan fingerprint density at radius 3 is 2.54 bits per heavy atom. The summed E-state index contributed by atoms with van der Waals surface area (Å²) in [7, 11) is -2.33. The molecule has 0 aliphatic carbocycles. The summed E-state index contributed by atoms with van der Waals surface area (Å²) < 4.78 is 45.1. The van der Waals surface area contributed by atoms with E-state index in [9.17, 15) is 13.2 Å². The average molecular weight is 497 g/mol. The van der Waals surface area contributed by atoms with Gasteiger partial charge in [0.2, 0.25) is 0 Å². The number of methoxy groups -OCH3 is 1. The van der Waals surface area contributed by atoms with Crippen molar-refractivity contribution in [3.8, 4) is 17.2 Å². The molecule has 1 aliphatic rings. The van der Waals surface area contributed by atoms with E-state index in [1.54, 1.807) is 31.4 Å². The Bertz CT molecular complexity index is 1340. The number of hydrogen-bond donors (Lipinski definition) is 2. The van der Waals surface area contributed by atoms with Gasteiger partial charge in [-0.25, -0.2) is 8.42 Å². The molecule has 1 aliphatic heterocycles. The second kappa shape index (κ2) is 10.3. The smallest absolute Gasteiger partial charge is 0.262 e. The van der Waals surface area contributed by atoms with Gasteiger partial charge in [-0.1, -0.05) is 23.8 Å². The van der Waals surface area contributed by atoms with Crippen molar-refractivity contribution in [1.29, 1.82) is 0 Å². The van der Waals surface area contributed by atoms with Crippen LogP contribution in [0.1, 0.15) is 40.9 Å². The predicted molar refractivity (Wildman–Crippen MR) is 133 cm³/mol. The zero-order valence-corrected chi connectivity index (χ0v) is 20.6. The summed E-state index contributed by atoms with van der Waals surface area (Å²) in [5.74, 6) is 1.25. The van der Waals surface area contributed by atoms with Crippen LogP contribution in [0.25, 0.3) is 0 Å². The van der Waals surface area contributed by atoms with Crippen LogP contribution in [-0.4, -0.2) is 34.6 Å². The van der Waals surface area contributed by atoms with E-state index < -0.39 is 10.0 Å². The highest BCUT2D eigenvalue weighted by Gasteiger charge is 2.20. The maximum Gasteiger partial charge on any atom is 0.262 e. The molecule has 0 unspecified atom stereocenters. The fourth-order valence-electron chi connectivity index (χ4n) is 3.80. The van der Waals surface area contributed by atoms with Gasteiger partial charge in [0, 0.05) is 29.3 Å². The van der Waals surface area contributed by atoms with Crippen LogP contribution in [0.2, 0.25) is 0 Å². The minimum atomic E-state index is -3.91. The maximum atomic E-state index is 13.0. The summed E-state index contributed by atoms with van der Waals surface area (Å²) in [6, 6.07) is 16.3. The number of sulfonamides is 1. The van der Waals surface area contributed by atoms with Crippen LogP contribution in [0.5, 0.6) is 17.2 Å². The first-order valence-electron chi connectivity index (χ1n) is 11.2. The number of carbonyl (C=O) groups excluding carboxylic acids is 1. The minimum Gasteiger partial charge on any atom is -0.496 e. The number of nitrogens with one attached hydrogen (secondary N) is 2. The van der Waals surface area contributed by atoms with Gasteiger partial charge in [-0.15, -0.1) is 0 Å². The molecule has 0 radical (unpaired) electrons. The summed E-state index contributed by atoms with van der Waals surface area (Å²) in [6.45, 7) is 4.80. The molecular formula is C26H28N2O6S. The van der Waals surface area contributed by atoms with Gasteiger partial charge in [0.05, 0.1) is 31.3 Å². The minimum absolute atomic E-state index is 0.0387. The normalized spacial score (nSPS) is 13.9. The molecule has 0 bridgehead atoms. The van der Waals surface area contributed by atoms with E-state index in [2.05, 4.69) is 10.0 Å². The average Bonchev–Trinajstić information content (AvgIpc) is 3.09. The van der Waals surface area contributed by atoms with Crippen LogP contribution in [0.15, 0.2) is 65.6 Å². The SMILES string of the molecule is COc1ccc(C)cc1[C@H](C)NC(=O)c1cccc(NS(=O)(=O)c2ccc3c(c2)OCCCO3)c1. The molecule has 1 amide bonds. The third kappa shape index (κ3) is 5.68. The van der Waals surface area contributed by atoms with Gasteiger partial charge in [-0.05, 0) is 50.2 Å². The predicted octanol–water partition coefficient (Wildman–Crippen LogP) is 4.46. The second-order valence-corrected chi connectivity index (χ2v) is 9.97. The number of hydrogen-bond acceptors (Lipinski definition) is 6. The molecule has 4 rings (SSSR count). The summed E-state index contributed by atoms with van der Waals surface area (Å²) in [5.41, 5.74) is 2.49. The number of carbonyl (C=O) groups is 1. The molecule has 3 aromatic carbocycles. The van der Waals surface area contributed by atoms with Crippen molar-refractivity contribution in [1.82, 2.24) is 5.32 Å². The van der Waals surface area contributed by atoms with E-state index in [0.717, 1.165) is 17.5 Å². The molecule has 0 fully saturated rings. The molecule has 0 aromatic heterocycles. The van der Waals surface area contributed by atoms with Gasteiger partial charge in [0.25, 0.3) is 15.9 Å². The first-order chi connectivity index (χ1) is 16.8. The molecule has 3 aromatic rings. The third-order valence-electron chi connectivity index (χ3n) is 5.61. The Balaban J connectivity index is 1.50. The fraction of sp³-hybridized carbons (Fsp3) is 0.269. The largest absolute Gasteiger partial charge is 0.496 e. The van der Waals surface area contributed by atoms with E-state index in [-0.39, 0.29) is 22.5 Å². The number of fused-ring (bicyclic) bond motifs is 1. The molecule has 35 heavy (non-hydrogen) atoms. The Kier molecular flexibility index (Phi) is 7.16. The monoisotopic (exact) mass is 496 g/mol. The van der Waals surface area contributed by atoms with E-state index in [1.165, 1.54) is 18.2 Å². The highest BCUT2D eigenvalue weighted by Crippen LogP contribution is 2.32. The van der Waals surface area contributed by atoms with Gasteiger partial charge in [-0.3, -0.25) is 9.52 Å². The fourth-order valence-corrected chi connectivity index (χ4v) is 4.86. The number of benzene rings is 3. The molecule has 2 N–H and O–H groups in total. The molecule has 0 saturated carbocycles. The van der Waals surface area contributed by atoms with Gasteiger partial charge >= 0.3 is 0 Å².